The van der Waals surface area contributed by atoms with E-state index in [1.165, 1.54) is 17.0 Å². The molecular weight excluding hydrogens is 438 g/mol. The van der Waals surface area contributed by atoms with Gasteiger partial charge in [-0.3, -0.25) is 9.69 Å². The molecule has 6 nitrogen and oxygen atoms in total. The summed E-state index contributed by atoms with van der Waals surface area (Å²) in [7, 11) is 0. The molecule has 0 radical (unpaired) electrons. The number of ether oxygens (including phenoxy) is 1. The van der Waals surface area contributed by atoms with E-state index in [0.717, 1.165) is 61.5 Å². The molecule has 0 aliphatic carbocycles. The van der Waals surface area contributed by atoms with Gasteiger partial charge in [0.25, 0.3) is 5.91 Å². The van der Waals surface area contributed by atoms with Gasteiger partial charge in [-0.25, -0.2) is 13.8 Å². The first kappa shape index (κ1) is 22.3. The van der Waals surface area contributed by atoms with Gasteiger partial charge in [0.05, 0.1) is 12.1 Å². The highest BCUT2D eigenvalue weighted by Gasteiger charge is 2.25. The number of aromatic nitrogens is 1. The van der Waals surface area contributed by atoms with Crippen molar-refractivity contribution in [2.45, 2.75) is 13.1 Å². The number of nitrogens with zero attached hydrogens (tertiary/aromatic N) is 4. The molecule has 3 heterocycles. The van der Waals surface area contributed by atoms with Gasteiger partial charge in [0.15, 0.2) is 11.6 Å². The number of carbonyl (C=O) groups excluding carboxylic acids is 1. The van der Waals surface area contributed by atoms with E-state index in [-0.39, 0.29) is 12.1 Å². The fourth-order valence-electron chi connectivity index (χ4n) is 4.49. The average Bonchev–Trinajstić information content (AvgIpc) is 3.08. The standard InChI is InChI=1S/C26H26F2N4O2/c27-22-5-3-4-21(25(22)28)26(33)32-14-15-34-23-8-7-19(16-20(23)18-32)17-30-10-12-31(13-11-30)24-6-1-2-9-29-24/h1-9,16H,10-15,17-18H2. The van der Waals surface area contributed by atoms with Crippen LogP contribution in [0.15, 0.2) is 60.8 Å². The quantitative estimate of drug-likeness (QED) is 0.589. The second-order valence-corrected chi connectivity index (χ2v) is 8.57. The van der Waals surface area contributed by atoms with E-state index in [4.69, 9.17) is 4.74 Å². The zero-order chi connectivity index (χ0) is 23.5. The van der Waals surface area contributed by atoms with E-state index in [9.17, 15) is 13.6 Å². The van der Waals surface area contributed by atoms with Crippen LogP contribution in [0, 0.1) is 11.6 Å². The molecule has 8 heteroatoms. The first-order valence-corrected chi connectivity index (χ1v) is 11.4. The monoisotopic (exact) mass is 464 g/mol. The molecule has 34 heavy (non-hydrogen) atoms. The lowest BCUT2D eigenvalue weighted by molar-refractivity contribution is 0.0727. The normalized spacial score (nSPS) is 16.5. The van der Waals surface area contributed by atoms with Crippen LogP contribution in [0.2, 0.25) is 0 Å². The molecule has 0 bridgehead atoms. The van der Waals surface area contributed by atoms with E-state index in [1.54, 1.807) is 0 Å². The molecule has 1 aromatic heterocycles. The predicted octanol–water partition coefficient (Wildman–Crippen LogP) is 3.72. The summed E-state index contributed by atoms with van der Waals surface area (Å²) < 4.78 is 33.7. The van der Waals surface area contributed by atoms with Crippen molar-refractivity contribution in [1.29, 1.82) is 0 Å². The summed E-state index contributed by atoms with van der Waals surface area (Å²) in [6.07, 6.45) is 1.82. The van der Waals surface area contributed by atoms with E-state index < -0.39 is 17.5 Å². The number of hydrogen-bond acceptors (Lipinski definition) is 5. The Kier molecular flexibility index (Phi) is 6.40. The maximum Gasteiger partial charge on any atom is 0.257 e. The molecular formula is C26H26F2N4O2. The number of carbonyl (C=O) groups is 1. The summed E-state index contributed by atoms with van der Waals surface area (Å²) in [5, 5.41) is 0. The van der Waals surface area contributed by atoms with Crippen molar-refractivity contribution in [2.24, 2.45) is 0 Å². The zero-order valence-electron chi connectivity index (χ0n) is 18.8. The lowest BCUT2D eigenvalue weighted by Gasteiger charge is -2.35. The van der Waals surface area contributed by atoms with Crippen molar-refractivity contribution in [1.82, 2.24) is 14.8 Å². The zero-order valence-corrected chi connectivity index (χ0v) is 18.8. The number of fused-ring (bicyclic) bond motifs is 1. The highest BCUT2D eigenvalue weighted by molar-refractivity contribution is 5.94. The second kappa shape index (κ2) is 9.77. The Labute approximate surface area is 197 Å². The van der Waals surface area contributed by atoms with Crippen molar-refractivity contribution in [3.63, 3.8) is 0 Å². The Morgan fingerprint density at radius 3 is 2.62 bits per heavy atom. The molecule has 1 saturated heterocycles. The molecule has 1 fully saturated rings. The van der Waals surface area contributed by atoms with E-state index in [2.05, 4.69) is 14.8 Å². The first-order chi connectivity index (χ1) is 16.6. The Balaban J connectivity index is 1.26. The number of benzene rings is 2. The molecule has 3 aromatic rings. The summed E-state index contributed by atoms with van der Waals surface area (Å²) in [6.45, 7) is 5.33. The average molecular weight is 465 g/mol. The van der Waals surface area contributed by atoms with Crippen molar-refractivity contribution in [3.05, 3.63) is 89.1 Å². The largest absolute Gasteiger partial charge is 0.491 e. The molecule has 176 valence electrons. The highest BCUT2D eigenvalue weighted by atomic mass is 19.2. The van der Waals surface area contributed by atoms with Crippen LogP contribution in [-0.4, -0.2) is 60.0 Å². The number of amides is 1. The number of anilines is 1. The van der Waals surface area contributed by atoms with Crippen LogP contribution < -0.4 is 9.64 Å². The van der Waals surface area contributed by atoms with E-state index >= 15 is 0 Å². The maximum atomic E-state index is 14.2. The minimum atomic E-state index is -1.11. The Morgan fingerprint density at radius 1 is 0.971 bits per heavy atom. The Bertz CT molecular complexity index is 1170. The van der Waals surface area contributed by atoms with Gasteiger partial charge in [0, 0.05) is 51.0 Å². The van der Waals surface area contributed by atoms with Gasteiger partial charge in [-0.05, 0) is 42.0 Å². The molecule has 0 unspecified atom stereocenters. The fraction of sp³-hybridized carbons (Fsp3) is 0.308. The SMILES string of the molecule is O=C(c1cccc(F)c1F)N1CCOc2ccc(CN3CCN(c4ccccn4)CC3)cc2C1. The van der Waals surface area contributed by atoms with Crippen molar-refractivity contribution in [3.8, 4) is 5.75 Å². The fourth-order valence-corrected chi connectivity index (χ4v) is 4.49. The summed E-state index contributed by atoms with van der Waals surface area (Å²) in [5.74, 6) is -0.953. The van der Waals surface area contributed by atoms with Crippen LogP contribution in [0.4, 0.5) is 14.6 Å². The molecule has 0 atom stereocenters. The van der Waals surface area contributed by atoms with E-state index in [1.807, 2.05) is 42.6 Å². The maximum absolute atomic E-state index is 14.2. The van der Waals surface area contributed by atoms with Gasteiger partial charge in [0.1, 0.15) is 18.2 Å². The summed E-state index contributed by atoms with van der Waals surface area (Å²) in [4.78, 5) is 23.6. The summed E-state index contributed by atoms with van der Waals surface area (Å²) in [5.41, 5.74) is 1.73. The van der Waals surface area contributed by atoms with Crippen LogP contribution in [0.25, 0.3) is 0 Å². The van der Waals surface area contributed by atoms with Gasteiger partial charge >= 0.3 is 0 Å². The van der Waals surface area contributed by atoms with Crippen molar-refractivity contribution in [2.75, 3.05) is 44.2 Å². The molecule has 1 amide bonds. The van der Waals surface area contributed by atoms with Crippen molar-refractivity contribution < 1.29 is 18.3 Å². The number of rotatable bonds is 4. The number of halogens is 2. The molecule has 2 aromatic carbocycles. The topological polar surface area (TPSA) is 48.9 Å². The lowest BCUT2D eigenvalue weighted by atomic mass is 10.1. The second-order valence-electron chi connectivity index (χ2n) is 8.57. The van der Waals surface area contributed by atoms with E-state index in [0.29, 0.717) is 13.2 Å². The molecule has 0 saturated carbocycles. The first-order valence-electron chi connectivity index (χ1n) is 11.4. The van der Waals surface area contributed by atoms with Crippen LogP contribution in [0.1, 0.15) is 21.5 Å². The number of piperazine rings is 1. The lowest BCUT2D eigenvalue weighted by Crippen LogP contribution is -2.46. The van der Waals surface area contributed by atoms with Gasteiger partial charge < -0.3 is 14.5 Å². The van der Waals surface area contributed by atoms with Crippen LogP contribution in [0.5, 0.6) is 5.75 Å². The van der Waals surface area contributed by atoms with Gasteiger partial charge in [0.2, 0.25) is 0 Å². The third-order valence-electron chi connectivity index (χ3n) is 6.33. The summed E-state index contributed by atoms with van der Waals surface area (Å²) >= 11 is 0. The van der Waals surface area contributed by atoms with Gasteiger partial charge in [-0.15, -0.1) is 0 Å². The minimum Gasteiger partial charge on any atom is -0.491 e. The third kappa shape index (κ3) is 4.72. The predicted molar refractivity (Wildman–Crippen MR) is 125 cm³/mol. The minimum absolute atomic E-state index is 0.259. The smallest absolute Gasteiger partial charge is 0.257 e. The van der Waals surface area contributed by atoms with Gasteiger partial charge in [-0.2, -0.15) is 0 Å². The molecule has 0 N–H and O–H groups in total. The molecule has 0 spiro atoms. The van der Waals surface area contributed by atoms with Crippen LogP contribution in [0.3, 0.4) is 0 Å². The number of pyridine rings is 1. The third-order valence-corrected chi connectivity index (χ3v) is 6.33. The Hall–Kier alpha value is -3.52. The molecule has 2 aliphatic rings. The summed E-state index contributed by atoms with van der Waals surface area (Å²) in [6, 6.07) is 15.7. The van der Waals surface area contributed by atoms with Crippen LogP contribution in [-0.2, 0) is 13.1 Å². The molecule has 2 aliphatic heterocycles. The Morgan fingerprint density at radius 2 is 1.82 bits per heavy atom. The molecule has 5 rings (SSSR count). The highest BCUT2D eigenvalue weighted by Crippen LogP contribution is 2.27. The van der Waals surface area contributed by atoms with Gasteiger partial charge in [-0.1, -0.05) is 18.2 Å². The van der Waals surface area contributed by atoms with Crippen molar-refractivity contribution >= 4 is 11.7 Å². The van der Waals surface area contributed by atoms with Crippen LogP contribution >= 0.6 is 0 Å². The number of hydrogen-bond donors (Lipinski definition) is 0.